The summed E-state index contributed by atoms with van der Waals surface area (Å²) < 4.78 is 91.0. The standard InChI is InChI=1S/C64H82ClNO19/c1-41-54(75-37-47-27-17-12-18-28-47)58(76-38-48-29-19-13-20-30-48)60(77-39-49-31-21-14-22-32-49)63(78-41)85-57-53(66-42(2)67)62(74-34-24-10-8-7-9-23-33-52(71)72-6)83-51(40-73-36-46-25-15-11-16-26-46)56(57)84-64-61(81-45(5)70)59(80-44(4)69)55(79-43(3)68)50(35-65)82-64/h11-22,25-32,41,50-51,53-64H,7-10,23-24,33-40H2,1-6H3,(H,66,67)/t41-,50+,51+,53+,54+,55-,56+,57+,58+,59-,60-,61+,62+,63-,64-/m0/s1. The van der Waals surface area contributed by atoms with E-state index in [9.17, 15) is 24.0 Å². The predicted octanol–water partition coefficient (Wildman–Crippen LogP) is 8.38. The average molecular weight is 1200 g/mol. The Morgan fingerprint density at radius 2 is 0.929 bits per heavy atom. The molecule has 3 saturated heterocycles. The molecule has 4 aromatic rings. The predicted molar refractivity (Wildman–Crippen MR) is 308 cm³/mol. The number of hydrogen-bond acceptors (Lipinski definition) is 19. The zero-order valence-electron chi connectivity index (χ0n) is 49.2. The maximum atomic E-state index is 13.7. The summed E-state index contributed by atoms with van der Waals surface area (Å²) in [7, 11) is 1.38. The number of rotatable bonds is 32. The van der Waals surface area contributed by atoms with Crippen molar-refractivity contribution in [3.8, 4) is 0 Å². The lowest BCUT2D eigenvalue weighted by atomic mass is 9.94. The largest absolute Gasteiger partial charge is 0.469 e. The van der Waals surface area contributed by atoms with E-state index in [4.69, 9.17) is 77.9 Å². The fourth-order valence-electron chi connectivity index (χ4n) is 10.5. The number of methoxy groups -OCH3 is 1. The third-order valence-corrected chi connectivity index (χ3v) is 14.8. The van der Waals surface area contributed by atoms with Crippen LogP contribution in [0.15, 0.2) is 121 Å². The summed E-state index contributed by atoms with van der Waals surface area (Å²) in [6.45, 7) is 7.24. The molecular formula is C64H82ClNO19. The van der Waals surface area contributed by atoms with Gasteiger partial charge >= 0.3 is 23.9 Å². The number of alkyl halides is 1. The number of benzene rings is 4. The van der Waals surface area contributed by atoms with Gasteiger partial charge in [-0.05, 0) is 42.0 Å². The molecule has 3 heterocycles. The molecule has 3 aliphatic heterocycles. The molecule has 0 unspecified atom stereocenters. The third-order valence-electron chi connectivity index (χ3n) is 14.5. The van der Waals surface area contributed by atoms with Gasteiger partial charge in [-0.25, -0.2) is 0 Å². The van der Waals surface area contributed by atoms with Crippen molar-refractivity contribution in [2.24, 2.45) is 0 Å². The molecule has 7 rings (SSSR count). The average Bonchev–Trinajstić information content (AvgIpc) is 1.28. The van der Waals surface area contributed by atoms with Crippen molar-refractivity contribution < 1.29 is 90.3 Å². The number of carbonyl (C=O) groups excluding carboxylic acids is 5. The highest BCUT2D eigenvalue weighted by molar-refractivity contribution is 6.18. The Bertz CT molecular complexity index is 2620. The second-order valence-electron chi connectivity index (χ2n) is 21.2. The van der Waals surface area contributed by atoms with Gasteiger partial charge in [-0.3, -0.25) is 24.0 Å². The van der Waals surface area contributed by atoms with Crippen LogP contribution in [-0.2, 0) is 117 Å². The Morgan fingerprint density at radius 3 is 1.46 bits per heavy atom. The van der Waals surface area contributed by atoms with Gasteiger partial charge in [0.1, 0.15) is 48.8 Å². The molecular weight excluding hydrogens is 1120 g/mol. The van der Waals surface area contributed by atoms with E-state index >= 15 is 0 Å². The Balaban J connectivity index is 1.32. The summed E-state index contributed by atoms with van der Waals surface area (Å²) in [5.74, 6) is -3.41. The van der Waals surface area contributed by atoms with Gasteiger partial charge in [0.15, 0.2) is 37.2 Å². The second-order valence-corrected chi connectivity index (χ2v) is 21.5. The molecule has 15 atom stereocenters. The molecule has 85 heavy (non-hydrogen) atoms. The number of unbranched alkanes of at least 4 members (excludes halogenated alkanes) is 5. The molecule has 0 aliphatic carbocycles. The molecule has 3 fully saturated rings. The second kappa shape index (κ2) is 35.1. The Hall–Kier alpha value is -5.88. The monoisotopic (exact) mass is 1200 g/mol. The number of halogens is 1. The van der Waals surface area contributed by atoms with Crippen LogP contribution >= 0.6 is 11.6 Å². The first-order valence-electron chi connectivity index (χ1n) is 29.1. The molecule has 0 saturated carbocycles. The van der Waals surface area contributed by atoms with E-state index in [1.54, 1.807) is 0 Å². The molecule has 1 N–H and O–H groups in total. The molecule has 1 amide bonds. The molecule has 0 bridgehead atoms. The van der Waals surface area contributed by atoms with Crippen molar-refractivity contribution in [1.29, 1.82) is 0 Å². The lowest BCUT2D eigenvalue weighted by Gasteiger charge is -2.51. The first-order valence-corrected chi connectivity index (χ1v) is 29.6. The van der Waals surface area contributed by atoms with E-state index in [2.05, 4.69) is 5.32 Å². The van der Waals surface area contributed by atoms with E-state index in [0.29, 0.717) is 12.8 Å². The SMILES string of the molecule is COC(=O)CCCCCCCCO[C@@H]1O[C@H](COCc2ccccc2)[C@@H](O[C@@H]2O[C@H](CCl)[C@H](OC(C)=O)[C@H](OC(C)=O)[C@H]2OC(C)=O)[C@H](O[C@@H]2O[C@@H](C)[C@@H](OCc3ccccc3)[C@@H](OCc3ccccc3)[C@@H]2OCc2ccccc2)[C@H]1NC(C)=O. The highest BCUT2D eigenvalue weighted by Gasteiger charge is 2.58. The summed E-state index contributed by atoms with van der Waals surface area (Å²) in [4.78, 5) is 64.1. The molecule has 464 valence electrons. The number of amides is 1. The van der Waals surface area contributed by atoms with E-state index in [0.717, 1.165) is 75.1 Å². The minimum absolute atomic E-state index is 0.0797. The normalized spacial score (nSPS) is 27.5. The van der Waals surface area contributed by atoms with Crippen molar-refractivity contribution >= 4 is 41.4 Å². The van der Waals surface area contributed by atoms with Gasteiger partial charge < -0.3 is 71.6 Å². The minimum atomic E-state index is -1.66. The van der Waals surface area contributed by atoms with E-state index in [1.807, 2.05) is 128 Å². The zero-order valence-corrected chi connectivity index (χ0v) is 50.0. The molecule has 4 aromatic carbocycles. The van der Waals surface area contributed by atoms with Gasteiger partial charge in [0.05, 0.1) is 52.1 Å². The van der Waals surface area contributed by atoms with Crippen LogP contribution in [0.4, 0.5) is 0 Å². The first kappa shape index (κ1) is 66.6. The van der Waals surface area contributed by atoms with Gasteiger partial charge in [-0.2, -0.15) is 0 Å². The van der Waals surface area contributed by atoms with E-state index in [1.165, 1.54) is 14.0 Å². The van der Waals surface area contributed by atoms with Gasteiger partial charge in [0.25, 0.3) is 0 Å². The smallest absolute Gasteiger partial charge is 0.305 e. The molecule has 3 aliphatic rings. The highest BCUT2D eigenvalue weighted by atomic mass is 35.5. The van der Waals surface area contributed by atoms with Gasteiger partial charge in [-0.15, -0.1) is 11.6 Å². The first-order chi connectivity index (χ1) is 41.2. The molecule has 0 aromatic heterocycles. The fraction of sp³-hybridized carbons (Fsp3) is 0.547. The number of nitrogens with one attached hydrogen (secondary N) is 1. The maximum Gasteiger partial charge on any atom is 0.305 e. The summed E-state index contributed by atoms with van der Waals surface area (Å²) in [6.07, 6.45) is -12.1. The maximum absolute atomic E-state index is 13.7. The van der Waals surface area contributed by atoms with Crippen LogP contribution < -0.4 is 5.32 Å². The number of esters is 4. The van der Waals surface area contributed by atoms with Crippen LogP contribution in [0.1, 0.15) is 102 Å². The zero-order chi connectivity index (χ0) is 60.5. The van der Waals surface area contributed by atoms with Crippen molar-refractivity contribution in [3.05, 3.63) is 144 Å². The molecule has 20 nitrogen and oxygen atoms in total. The number of ether oxygens (including phenoxy) is 14. The molecule has 21 heteroatoms. The quantitative estimate of drug-likeness (QED) is 0.0210. The van der Waals surface area contributed by atoms with Gasteiger partial charge in [-0.1, -0.05) is 147 Å². The Labute approximate surface area is 502 Å². The van der Waals surface area contributed by atoms with Crippen molar-refractivity contribution in [1.82, 2.24) is 5.32 Å². The van der Waals surface area contributed by atoms with Crippen LogP contribution in [0.5, 0.6) is 0 Å². The van der Waals surface area contributed by atoms with Crippen LogP contribution in [0.25, 0.3) is 0 Å². The summed E-state index contributed by atoms with van der Waals surface area (Å²) in [5, 5.41) is 3.05. The molecule has 0 spiro atoms. The fourth-order valence-corrected chi connectivity index (χ4v) is 10.8. The van der Waals surface area contributed by atoms with Gasteiger partial charge in [0.2, 0.25) is 5.91 Å². The topological polar surface area (TPSA) is 227 Å². The van der Waals surface area contributed by atoms with Gasteiger partial charge in [0, 0.05) is 40.7 Å². The van der Waals surface area contributed by atoms with Crippen molar-refractivity contribution in [3.63, 3.8) is 0 Å². The molecule has 0 radical (unpaired) electrons. The van der Waals surface area contributed by atoms with Crippen LogP contribution in [-0.4, -0.2) is 148 Å². The minimum Gasteiger partial charge on any atom is -0.469 e. The summed E-state index contributed by atoms with van der Waals surface area (Å²) in [6, 6.07) is 37.3. The third kappa shape index (κ3) is 20.9. The lowest BCUT2D eigenvalue weighted by molar-refractivity contribution is -0.378. The van der Waals surface area contributed by atoms with Crippen LogP contribution in [0.2, 0.25) is 0 Å². The van der Waals surface area contributed by atoms with Crippen LogP contribution in [0.3, 0.4) is 0 Å². The number of carbonyl (C=O) groups is 5. The summed E-state index contributed by atoms with van der Waals surface area (Å²) >= 11 is 6.58. The van der Waals surface area contributed by atoms with Crippen molar-refractivity contribution in [2.45, 2.75) is 198 Å². The van der Waals surface area contributed by atoms with Crippen molar-refractivity contribution in [2.75, 3.05) is 26.2 Å². The van der Waals surface area contributed by atoms with E-state index in [-0.39, 0.29) is 51.5 Å². The number of hydrogen-bond donors (Lipinski definition) is 1. The highest BCUT2D eigenvalue weighted by Crippen LogP contribution is 2.38. The van der Waals surface area contributed by atoms with E-state index < -0.39 is 116 Å². The Morgan fingerprint density at radius 1 is 0.471 bits per heavy atom. The lowest BCUT2D eigenvalue weighted by Crippen LogP contribution is -2.70. The Kier molecular flexibility index (Phi) is 27.5. The summed E-state index contributed by atoms with van der Waals surface area (Å²) in [5.41, 5.74) is 3.49. The van der Waals surface area contributed by atoms with Crippen LogP contribution in [0, 0.1) is 0 Å².